The molecule has 0 atom stereocenters. The molecule has 142 valence electrons. The Morgan fingerprint density at radius 1 is 1.28 bits per heavy atom. The van der Waals surface area contributed by atoms with Crippen LogP contribution >= 0.6 is 11.3 Å². The molecular weight excluding hydrogens is 332 g/mol. The summed E-state index contributed by atoms with van der Waals surface area (Å²) in [6.45, 7) is 9.79. The standard InChI is InChI=1S/C19H34N4OS/c1-5-24-13-11-19(9-6-7-10-19)14-22-18(20-4)21-12-8-17-23-15(2)16(3)25-17/h5-14H2,1-4H3,(H2,20,21,22). The topological polar surface area (TPSA) is 58.5 Å². The van der Waals surface area contributed by atoms with Crippen LogP contribution < -0.4 is 10.6 Å². The molecule has 0 radical (unpaired) electrons. The zero-order valence-electron chi connectivity index (χ0n) is 16.3. The highest BCUT2D eigenvalue weighted by Gasteiger charge is 2.33. The van der Waals surface area contributed by atoms with Gasteiger partial charge in [0.25, 0.3) is 0 Å². The Balaban J connectivity index is 1.76. The molecule has 1 aromatic heterocycles. The molecule has 0 aliphatic heterocycles. The summed E-state index contributed by atoms with van der Waals surface area (Å²) in [6.07, 6.45) is 7.34. The fraction of sp³-hybridized carbons (Fsp3) is 0.789. The lowest BCUT2D eigenvalue weighted by molar-refractivity contribution is 0.105. The Labute approximate surface area is 156 Å². The molecule has 2 N–H and O–H groups in total. The lowest BCUT2D eigenvalue weighted by Crippen LogP contribution is -2.44. The first kappa shape index (κ1) is 20.2. The van der Waals surface area contributed by atoms with Gasteiger partial charge >= 0.3 is 0 Å². The monoisotopic (exact) mass is 366 g/mol. The minimum Gasteiger partial charge on any atom is -0.382 e. The fourth-order valence-corrected chi connectivity index (χ4v) is 4.43. The second-order valence-electron chi connectivity index (χ2n) is 7.01. The molecule has 0 aromatic carbocycles. The minimum absolute atomic E-state index is 0.371. The average molecular weight is 367 g/mol. The molecular formula is C19H34N4OS. The Morgan fingerprint density at radius 2 is 2.04 bits per heavy atom. The van der Waals surface area contributed by atoms with Gasteiger partial charge in [0.1, 0.15) is 0 Å². The Hall–Kier alpha value is -1.14. The summed E-state index contributed by atoms with van der Waals surface area (Å²) in [7, 11) is 1.84. The molecule has 1 aliphatic rings. The third kappa shape index (κ3) is 6.26. The molecule has 0 saturated heterocycles. The lowest BCUT2D eigenvalue weighted by atomic mass is 9.83. The molecule has 0 spiro atoms. The zero-order chi connectivity index (χ0) is 18.1. The summed E-state index contributed by atoms with van der Waals surface area (Å²) in [4.78, 5) is 10.3. The van der Waals surface area contributed by atoms with Gasteiger partial charge in [0, 0.05) is 44.6 Å². The van der Waals surface area contributed by atoms with Crippen molar-refractivity contribution in [1.82, 2.24) is 15.6 Å². The van der Waals surface area contributed by atoms with Gasteiger partial charge in [-0.15, -0.1) is 11.3 Å². The summed E-state index contributed by atoms with van der Waals surface area (Å²) in [6, 6.07) is 0. The normalized spacial score (nSPS) is 17.0. The van der Waals surface area contributed by atoms with Crippen LogP contribution in [0.5, 0.6) is 0 Å². The summed E-state index contributed by atoms with van der Waals surface area (Å²) in [5.74, 6) is 0.896. The molecule has 1 heterocycles. The number of nitrogens with zero attached hydrogens (tertiary/aromatic N) is 2. The van der Waals surface area contributed by atoms with Crippen molar-refractivity contribution in [3.63, 3.8) is 0 Å². The highest BCUT2D eigenvalue weighted by atomic mass is 32.1. The van der Waals surface area contributed by atoms with Crippen LogP contribution in [0.4, 0.5) is 0 Å². The van der Waals surface area contributed by atoms with Gasteiger partial charge in [0.15, 0.2) is 5.96 Å². The number of nitrogens with one attached hydrogen (secondary N) is 2. The maximum absolute atomic E-state index is 5.60. The zero-order valence-corrected chi connectivity index (χ0v) is 17.1. The van der Waals surface area contributed by atoms with E-state index in [4.69, 9.17) is 4.74 Å². The van der Waals surface area contributed by atoms with E-state index in [0.717, 1.165) is 50.8 Å². The largest absolute Gasteiger partial charge is 0.382 e. The van der Waals surface area contributed by atoms with E-state index in [1.807, 2.05) is 7.05 Å². The number of hydrogen-bond donors (Lipinski definition) is 2. The maximum atomic E-state index is 5.60. The van der Waals surface area contributed by atoms with Crippen molar-refractivity contribution < 1.29 is 4.74 Å². The first-order valence-electron chi connectivity index (χ1n) is 9.54. The van der Waals surface area contributed by atoms with Gasteiger partial charge in [-0.1, -0.05) is 12.8 Å². The van der Waals surface area contributed by atoms with Crippen LogP contribution in [0.15, 0.2) is 4.99 Å². The van der Waals surface area contributed by atoms with E-state index in [1.54, 1.807) is 11.3 Å². The average Bonchev–Trinajstić information content (AvgIpc) is 3.19. The van der Waals surface area contributed by atoms with Crippen molar-refractivity contribution in [3.8, 4) is 0 Å². The van der Waals surface area contributed by atoms with Crippen LogP contribution in [0.3, 0.4) is 0 Å². The molecule has 0 amide bonds. The Bertz CT molecular complexity index is 530. The van der Waals surface area contributed by atoms with E-state index >= 15 is 0 Å². The van der Waals surface area contributed by atoms with E-state index in [9.17, 15) is 0 Å². The molecule has 25 heavy (non-hydrogen) atoms. The van der Waals surface area contributed by atoms with E-state index in [1.165, 1.54) is 35.6 Å². The molecule has 1 fully saturated rings. The van der Waals surface area contributed by atoms with Crippen LogP contribution in [-0.2, 0) is 11.2 Å². The van der Waals surface area contributed by atoms with Crippen molar-refractivity contribution in [2.45, 2.75) is 59.3 Å². The molecule has 0 bridgehead atoms. The van der Waals surface area contributed by atoms with Crippen molar-refractivity contribution in [3.05, 3.63) is 15.6 Å². The third-order valence-corrected chi connectivity index (χ3v) is 6.34. The molecule has 1 aliphatic carbocycles. The number of thiazole rings is 1. The number of ether oxygens (including phenoxy) is 1. The van der Waals surface area contributed by atoms with Crippen LogP contribution in [0, 0.1) is 19.3 Å². The first-order valence-corrected chi connectivity index (χ1v) is 10.4. The fourth-order valence-electron chi connectivity index (χ4n) is 3.50. The van der Waals surface area contributed by atoms with Gasteiger partial charge in [-0.3, -0.25) is 4.99 Å². The highest BCUT2D eigenvalue weighted by molar-refractivity contribution is 7.11. The second kappa shape index (κ2) is 10.1. The molecule has 0 unspecified atom stereocenters. The van der Waals surface area contributed by atoms with Crippen LogP contribution in [0.1, 0.15) is 54.6 Å². The minimum atomic E-state index is 0.371. The quantitative estimate of drug-likeness (QED) is 0.399. The van der Waals surface area contributed by atoms with E-state index < -0.39 is 0 Å². The number of rotatable bonds is 9. The predicted molar refractivity (Wildman–Crippen MR) is 107 cm³/mol. The van der Waals surface area contributed by atoms with Gasteiger partial charge in [0.2, 0.25) is 0 Å². The molecule has 2 rings (SSSR count). The van der Waals surface area contributed by atoms with Gasteiger partial charge < -0.3 is 15.4 Å². The number of hydrogen-bond acceptors (Lipinski definition) is 4. The van der Waals surface area contributed by atoms with Crippen molar-refractivity contribution in [2.24, 2.45) is 10.4 Å². The SMILES string of the molecule is CCOCCC1(CNC(=NC)NCCc2nc(C)c(C)s2)CCCC1. The van der Waals surface area contributed by atoms with Gasteiger partial charge in [-0.2, -0.15) is 0 Å². The van der Waals surface area contributed by atoms with Gasteiger partial charge in [-0.05, 0) is 45.4 Å². The molecule has 5 nitrogen and oxygen atoms in total. The Morgan fingerprint density at radius 3 is 2.64 bits per heavy atom. The summed E-state index contributed by atoms with van der Waals surface area (Å²) in [5.41, 5.74) is 1.52. The number of guanidine groups is 1. The smallest absolute Gasteiger partial charge is 0.191 e. The Kier molecular flexibility index (Phi) is 8.16. The summed E-state index contributed by atoms with van der Waals surface area (Å²) in [5, 5.41) is 8.17. The van der Waals surface area contributed by atoms with E-state index in [2.05, 4.69) is 41.4 Å². The number of aliphatic imine (C=N–C) groups is 1. The van der Waals surface area contributed by atoms with Crippen molar-refractivity contribution in [2.75, 3.05) is 33.4 Å². The van der Waals surface area contributed by atoms with Crippen LogP contribution in [0.25, 0.3) is 0 Å². The maximum Gasteiger partial charge on any atom is 0.191 e. The number of aryl methyl sites for hydroxylation is 2. The molecule has 1 saturated carbocycles. The lowest BCUT2D eigenvalue weighted by Gasteiger charge is -2.30. The van der Waals surface area contributed by atoms with E-state index in [-0.39, 0.29) is 0 Å². The van der Waals surface area contributed by atoms with Crippen molar-refractivity contribution >= 4 is 17.3 Å². The van der Waals surface area contributed by atoms with Gasteiger partial charge in [0.05, 0.1) is 10.7 Å². The highest BCUT2D eigenvalue weighted by Crippen LogP contribution is 2.40. The van der Waals surface area contributed by atoms with E-state index in [0.29, 0.717) is 5.41 Å². The summed E-state index contributed by atoms with van der Waals surface area (Å²) >= 11 is 1.79. The van der Waals surface area contributed by atoms with Crippen LogP contribution in [0.2, 0.25) is 0 Å². The molecule has 1 aromatic rings. The molecule has 6 heteroatoms. The number of aromatic nitrogens is 1. The second-order valence-corrected chi connectivity index (χ2v) is 8.29. The van der Waals surface area contributed by atoms with Crippen molar-refractivity contribution in [1.29, 1.82) is 0 Å². The van der Waals surface area contributed by atoms with Gasteiger partial charge in [-0.25, -0.2) is 4.98 Å². The van der Waals surface area contributed by atoms with Crippen LogP contribution in [-0.4, -0.2) is 44.3 Å². The predicted octanol–water partition coefficient (Wildman–Crippen LogP) is 3.45. The first-order chi connectivity index (χ1) is 12.1. The third-order valence-electron chi connectivity index (χ3n) is 5.20. The summed E-state index contributed by atoms with van der Waals surface area (Å²) < 4.78 is 5.60.